The molecule has 0 fully saturated rings. The molecule has 0 aromatic heterocycles. The number of fused-ring (bicyclic) bond motifs is 1. The summed E-state index contributed by atoms with van der Waals surface area (Å²) in [6, 6.07) is 0. The Balaban J connectivity index is 0.000000980. The van der Waals surface area contributed by atoms with Crippen LogP contribution in [0.5, 0.6) is 0 Å². The fraction of sp³-hybridized carbons (Fsp3) is 0.111. The number of hydrogen-bond donors (Lipinski definition) is 1. The van der Waals surface area contributed by atoms with Gasteiger partial charge in [0.15, 0.2) is 0 Å². The van der Waals surface area contributed by atoms with Gasteiger partial charge < -0.3 is 12.4 Å². The molecule has 2 aliphatic rings. The van der Waals surface area contributed by atoms with E-state index in [2.05, 4.69) is 20.9 Å². The molecular formula is C9H8BrClN2O. The molecule has 3 nitrogen and oxygen atoms in total. The number of nitrogens with one attached hydrogen (secondary N) is 1. The lowest BCUT2D eigenvalue weighted by molar-refractivity contribution is -0.655. The number of amidine groups is 1. The van der Waals surface area contributed by atoms with Crippen molar-refractivity contribution in [1.29, 1.82) is 0 Å². The topological polar surface area (TPSA) is 33.9 Å². The molecule has 1 N–H and O–H groups in total. The molecule has 0 spiro atoms. The molecule has 14 heavy (non-hydrogen) atoms. The summed E-state index contributed by atoms with van der Waals surface area (Å²) in [5.74, 6) is 0.789. The Kier molecular flexibility index (Phi) is 3.42. The van der Waals surface area contributed by atoms with Crippen LogP contribution in [-0.4, -0.2) is 11.7 Å². The minimum Gasteiger partial charge on any atom is -1.00 e. The highest BCUT2D eigenvalue weighted by Crippen LogP contribution is 2.08. The summed E-state index contributed by atoms with van der Waals surface area (Å²) in [5.41, 5.74) is 0.764. The van der Waals surface area contributed by atoms with Gasteiger partial charge in [-0.1, -0.05) is 0 Å². The molecule has 1 unspecified atom stereocenters. The monoisotopic (exact) mass is 274 g/mol. The van der Waals surface area contributed by atoms with Gasteiger partial charge >= 0.3 is 5.91 Å². The maximum atomic E-state index is 11.5. The van der Waals surface area contributed by atoms with Gasteiger partial charge in [0.1, 0.15) is 6.20 Å². The maximum Gasteiger partial charge on any atom is 0.349 e. The Morgan fingerprint density at radius 1 is 1.43 bits per heavy atom. The third-order valence-corrected chi connectivity index (χ3v) is 2.35. The van der Waals surface area contributed by atoms with Gasteiger partial charge in [-0.2, -0.15) is 4.90 Å². The predicted molar refractivity (Wildman–Crippen MR) is 53.3 cm³/mol. The number of halogens is 2. The molecule has 0 aliphatic carbocycles. The molecule has 74 valence electrons. The van der Waals surface area contributed by atoms with E-state index in [1.165, 1.54) is 0 Å². The molecule has 2 aliphatic heterocycles. The largest absolute Gasteiger partial charge is 1.00 e. The number of carbonyl (C=O) groups excluding carboxylic acids is 1. The van der Waals surface area contributed by atoms with Gasteiger partial charge in [0, 0.05) is 6.08 Å². The second kappa shape index (κ2) is 4.21. The quantitative estimate of drug-likeness (QED) is 0.522. The molecule has 0 aromatic rings. The van der Waals surface area contributed by atoms with Gasteiger partial charge in [-0.25, -0.2) is 9.79 Å². The first-order chi connectivity index (χ1) is 6.16. The fourth-order valence-electron chi connectivity index (χ4n) is 1.29. The Labute approximate surface area is 96.4 Å². The summed E-state index contributed by atoms with van der Waals surface area (Å²) in [6.07, 6.45) is 7.07. The zero-order valence-corrected chi connectivity index (χ0v) is 9.76. The van der Waals surface area contributed by atoms with Crippen LogP contribution in [-0.2, 0) is 4.79 Å². The third-order valence-electron chi connectivity index (χ3n) is 1.86. The van der Waals surface area contributed by atoms with Crippen LogP contribution in [0.15, 0.2) is 39.6 Å². The van der Waals surface area contributed by atoms with Crippen molar-refractivity contribution in [3.63, 3.8) is 0 Å². The summed E-state index contributed by atoms with van der Waals surface area (Å²) in [4.78, 5) is 16.4. The molecule has 0 aromatic carbocycles. The lowest BCUT2D eigenvalue weighted by atomic mass is 10.2. The molecule has 0 saturated carbocycles. The zero-order chi connectivity index (χ0) is 9.42. The van der Waals surface area contributed by atoms with Crippen molar-refractivity contribution >= 4 is 27.7 Å². The summed E-state index contributed by atoms with van der Waals surface area (Å²) in [7, 11) is 0. The van der Waals surface area contributed by atoms with Gasteiger partial charge in [0.2, 0.25) is 5.84 Å². The summed E-state index contributed by atoms with van der Waals surface area (Å²) in [6.45, 7) is 1.82. The first kappa shape index (κ1) is 11.4. The number of amides is 1. The van der Waals surface area contributed by atoms with E-state index in [1.54, 1.807) is 12.3 Å². The predicted octanol–water partition coefficient (Wildman–Crippen LogP) is -2.48. The summed E-state index contributed by atoms with van der Waals surface area (Å²) in [5, 5.41) is 0. The molecule has 5 heteroatoms. The first-order valence-corrected chi connectivity index (χ1v) is 4.70. The zero-order valence-electron chi connectivity index (χ0n) is 7.42. The average Bonchev–Trinajstić information content (AvgIpc) is 2.06. The van der Waals surface area contributed by atoms with Crippen molar-refractivity contribution < 1.29 is 22.1 Å². The number of rotatable bonds is 0. The lowest BCUT2D eigenvalue weighted by Gasteiger charge is -2.16. The molecule has 0 radical (unpaired) electrons. The van der Waals surface area contributed by atoms with E-state index in [0.29, 0.717) is 4.90 Å². The molecule has 1 amide bonds. The van der Waals surface area contributed by atoms with Crippen LogP contribution in [0, 0.1) is 0 Å². The number of aliphatic imine (C=N–C) groups is 1. The van der Waals surface area contributed by atoms with E-state index in [1.807, 2.05) is 19.1 Å². The highest BCUT2D eigenvalue weighted by molar-refractivity contribution is 9.11. The third kappa shape index (κ3) is 2.03. The summed E-state index contributed by atoms with van der Waals surface area (Å²) >= 11 is 3.32. The summed E-state index contributed by atoms with van der Waals surface area (Å²) < 4.78 is 0.905. The fourth-order valence-corrected chi connectivity index (χ4v) is 1.65. The minimum absolute atomic E-state index is 0. The number of carbonyl (C=O) groups is 1. The van der Waals surface area contributed by atoms with E-state index in [4.69, 9.17) is 0 Å². The molecular weight excluding hydrogens is 267 g/mol. The number of quaternary nitrogens is 1. The van der Waals surface area contributed by atoms with Crippen LogP contribution in [0.4, 0.5) is 0 Å². The minimum atomic E-state index is 0. The standard InChI is InChI=1S/C9H7BrN2O.ClH/c1-6-4-9(13)12-5-7(10)2-3-8(12)11-6;/h2-5H,1H3;1H. The Morgan fingerprint density at radius 2 is 2.14 bits per heavy atom. The van der Waals surface area contributed by atoms with Crippen molar-refractivity contribution in [2.75, 3.05) is 0 Å². The normalized spacial score (nSPS) is 24.3. The van der Waals surface area contributed by atoms with Crippen LogP contribution < -0.4 is 17.3 Å². The van der Waals surface area contributed by atoms with Gasteiger partial charge in [-0.05, 0) is 28.9 Å². The van der Waals surface area contributed by atoms with Crippen molar-refractivity contribution in [1.82, 2.24) is 0 Å². The van der Waals surface area contributed by atoms with Crippen LogP contribution in [0.25, 0.3) is 0 Å². The molecule has 2 heterocycles. The highest BCUT2D eigenvalue weighted by atomic mass is 79.9. The molecule has 1 atom stereocenters. The average molecular weight is 276 g/mol. The second-order valence-corrected chi connectivity index (χ2v) is 3.84. The second-order valence-electron chi connectivity index (χ2n) is 2.92. The molecule has 2 rings (SSSR count). The van der Waals surface area contributed by atoms with Crippen LogP contribution in [0.1, 0.15) is 6.92 Å². The Bertz CT molecular complexity index is 396. The lowest BCUT2D eigenvalue weighted by Crippen LogP contribution is -3.13. The smallest absolute Gasteiger partial charge is 0.349 e. The van der Waals surface area contributed by atoms with E-state index < -0.39 is 0 Å². The Morgan fingerprint density at radius 3 is 2.86 bits per heavy atom. The van der Waals surface area contributed by atoms with Gasteiger partial charge in [-0.15, -0.1) is 0 Å². The van der Waals surface area contributed by atoms with Gasteiger partial charge in [0.05, 0.1) is 16.3 Å². The number of nitrogens with zero attached hydrogens (tertiary/aromatic N) is 1. The van der Waals surface area contributed by atoms with E-state index in [-0.39, 0.29) is 18.3 Å². The van der Waals surface area contributed by atoms with Crippen molar-refractivity contribution in [3.8, 4) is 0 Å². The number of hydrogen-bond acceptors (Lipinski definition) is 2. The van der Waals surface area contributed by atoms with E-state index >= 15 is 0 Å². The first-order valence-electron chi connectivity index (χ1n) is 3.91. The Hall–Kier alpha value is -0.710. The SMILES string of the molecule is CC1=CC(=O)[NH+]2C=C(Br)C=CC2=N1.[Cl-]. The van der Waals surface area contributed by atoms with E-state index in [0.717, 1.165) is 16.0 Å². The van der Waals surface area contributed by atoms with Crippen LogP contribution in [0.3, 0.4) is 0 Å². The highest BCUT2D eigenvalue weighted by Gasteiger charge is 2.27. The molecule has 0 bridgehead atoms. The maximum absolute atomic E-state index is 11.5. The number of allylic oxidation sites excluding steroid dienone is 3. The van der Waals surface area contributed by atoms with Crippen LogP contribution in [0.2, 0.25) is 0 Å². The van der Waals surface area contributed by atoms with Gasteiger partial charge in [-0.3, -0.25) is 0 Å². The van der Waals surface area contributed by atoms with Crippen molar-refractivity contribution in [3.05, 3.63) is 34.6 Å². The van der Waals surface area contributed by atoms with Crippen LogP contribution >= 0.6 is 15.9 Å². The molecule has 0 saturated heterocycles. The van der Waals surface area contributed by atoms with Crippen molar-refractivity contribution in [2.45, 2.75) is 6.92 Å². The van der Waals surface area contributed by atoms with Crippen molar-refractivity contribution in [2.24, 2.45) is 4.99 Å². The van der Waals surface area contributed by atoms with E-state index in [9.17, 15) is 4.79 Å². The van der Waals surface area contributed by atoms with Gasteiger partial charge in [0.25, 0.3) is 0 Å².